The quantitative estimate of drug-likeness (QED) is 0.698. The van der Waals surface area contributed by atoms with Gasteiger partial charge in [0.15, 0.2) is 0 Å². The minimum atomic E-state index is 0.841. The molecule has 1 unspecified atom stereocenters. The zero-order valence-electron chi connectivity index (χ0n) is 8.64. The van der Waals surface area contributed by atoms with Crippen molar-refractivity contribution in [1.82, 2.24) is 0 Å². The Morgan fingerprint density at radius 1 is 1.00 bits per heavy atom. The first-order valence-electron chi connectivity index (χ1n) is 5.11. The van der Waals surface area contributed by atoms with Crippen LogP contribution < -0.4 is 0 Å². The molecular weight excluding hydrogens is 302 g/mol. The van der Waals surface area contributed by atoms with Crippen molar-refractivity contribution in [3.63, 3.8) is 0 Å². The van der Waals surface area contributed by atoms with Crippen LogP contribution >= 0.6 is 0 Å². The summed E-state index contributed by atoms with van der Waals surface area (Å²) in [6.45, 7) is 4.86. The van der Waals surface area contributed by atoms with E-state index in [9.17, 15) is 0 Å². The molecule has 0 amide bonds. The van der Waals surface area contributed by atoms with Gasteiger partial charge < -0.3 is 0 Å². The van der Waals surface area contributed by atoms with Gasteiger partial charge in [-0.3, -0.25) is 0 Å². The van der Waals surface area contributed by atoms with Crippen LogP contribution in [0.2, 0.25) is 9.63 Å². The molecule has 3 atom stereocenters. The monoisotopic (exact) mass is 320 g/mol. The van der Waals surface area contributed by atoms with Crippen LogP contribution in [0.25, 0.3) is 0 Å². The molecule has 0 aliphatic carbocycles. The Labute approximate surface area is 99.2 Å². The molecule has 1 aliphatic heterocycles. The van der Waals surface area contributed by atoms with Crippen LogP contribution in [0, 0.1) is 0 Å². The van der Waals surface area contributed by atoms with Gasteiger partial charge in [0.25, 0.3) is 0 Å². The van der Waals surface area contributed by atoms with E-state index in [2.05, 4.69) is 44.2 Å². The summed E-state index contributed by atoms with van der Waals surface area (Å²) in [6.07, 6.45) is 1.48. The average Bonchev–Trinajstić information content (AvgIpc) is 2.18. The van der Waals surface area contributed by atoms with Gasteiger partial charge in [0.1, 0.15) is 0 Å². The van der Waals surface area contributed by atoms with Crippen molar-refractivity contribution < 1.29 is 0 Å². The third-order valence-corrected chi connectivity index (χ3v) is 9.81. The maximum absolute atomic E-state index is 2.43. The van der Waals surface area contributed by atoms with Crippen molar-refractivity contribution >= 4 is 29.9 Å². The number of hydrogen-bond donors (Lipinski definition) is 0. The fourth-order valence-electron chi connectivity index (χ4n) is 1.80. The molecule has 1 fully saturated rings. The van der Waals surface area contributed by atoms with Crippen LogP contribution in [-0.2, 0) is 0 Å². The molecular formula is C12H16Se2. The first-order valence-corrected chi connectivity index (χ1v) is 9.07. The Balaban J connectivity index is 2.11. The van der Waals surface area contributed by atoms with Gasteiger partial charge in [-0.25, -0.2) is 0 Å². The summed E-state index contributed by atoms with van der Waals surface area (Å²) < 4.78 is 0.940. The van der Waals surface area contributed by atoms with E-state index in [1.807, 2.05) is 0 Å². The second-order valence-electron chi connectivity index (χ2n) is 3.87. The predicted molar refractivity (Wildman–Crippen MR) is 64.2 cm³/mol. The zero-order chi connectivity index (χ0) is 9.97. The van der Waals surface area contributed by atoms with Crippen LogP contribution in [-0.4, -0.2) is 29.9 Å². The summed E-state index contributed by atoms with van der Waals surface area (Å²) in [6, 6.07) is 11.1. The summed E-state index contributed by atoms with van der Waals surface area (Å²) in [4.78, 5) is 1.97. The van der Waals surface area contributed by atoms with Gasteiger partial charge in [0.05, 0.1) is 0 Å². The minimum absolute atomic E-state index is 0.841. The van der Waals surface area contributed by atoms with Crippen LogP contribution in [0.5, 0.6) is 0 Å². The van der Waals surface area contributed by atoms with E-state index in [0.29, 0.717) is 0 Å². The second-order valence-corrected chi connectivity index (χ2v) is 11.9. The molecule has 2 rings (SSSR count). The summed E-state index contributed by atoms with van der Waals surface area (Å²) in [5.74, 6) is 0. The van der Waals surface area contributed by atoms with Crippen molar-refractivity contribution in [2.75, 3.05) is 0 Å². The van der Waals surface area contributed by atoms with E-state index in [4.69, 9.17) is 0 Å². The van der Waals surface area contributed by atoms with E-state index in [0.717, 1.165) is 43.3 Å². The molecule has 1 aliphatic rings. The molecule has 0 saturated carbocycles. The predicted octanol–water partition coefficient (Wildman–Crippen LogP) is 3.11. The first-order chi connectivity index (χ1) is 6.75. The summed E-state index contributed by atoms with van der Waals surface area (Å²) in [7, 11) is 0. The summed E-state index contributed by atoms with van der Waals surface area (Å²) in [5, 5.41) is 0. The van der Waals surface area contributed by atoms with Crippen molar-refractivity contribution in [2.24, 2.45) is 0 Å². The Kier molecular flexibility index (Phi) is 3.73. The molecule has 0 bridgehead atoms. The molecule has 1 aromatic rings. The molecule has 0 aromatic heterocycles. The van der Waals surface area contributed by atoms with Crippen LogP contribution in [0.1, 0.15) is 29.5 Å². The van der Waals surface area contributed by atoms with E-state index in [1.165, 1.54) is 6.42 Å². The van der Waals surface area contributed by atoms with E-state index >= 15 is 0 Å². The number of rotatable bonds is 1. The number of benzene rings is 1. The molecule has 14 heavy (non-hydrogen) atoms. The van der Waals surface area contributed by atoms with Crippen molar-refractivity contribution in [3.8, 4) is 0 Å². The second kappa shape index (κ2) is 4.85. The Bertz CT molecular complexity index is 274. The van der Waals surface area contributed by atoms with Crippen molar-refractivity contribution in [2.45, 2.75) is 33.6 Å². The molecule has 0 spiro atoms. The van der Waals surface area contributed by atoms with Crippen LogP contribution in [0.4, 0.5) is 0 Å². The third-order valence-electron chi connectivity index (χ3n) is 2.45. The third kappa shape index (κ3) is 2.64. The van der Waals surface area contributed by atoms with E-state index in [-0.39, 0.29) is 0 Å². The Morgan fingerprint density at radius 2 is 1.57 bits per heavy atom. The van der Waals surface area contributed by atoms with Gasteiger partial charge in [-0.05, 0) is 0 Å². The van der Waals surface area contributed by atoms with Gasteiger partial charge in [-0.15, -0.1) is 0 Å². The van der Waals surface area contributed by atoms with Gasteiger partial charge in [0, 0.05) is 0 Å². The molecule has 1 aromatic carbocycles. The Hall–Kier alpha value is 0.259. The summed E-state index contributed by atoms with van der Waals surface area (Å²) >= 11 is 1.68. The fraction of sp³-hybridized carbons (Fsp3) is 0.500. The SMILES string of the molecule is C[C@@H]1C[C@H](C)[Se]C(c2ccccc2)[Se]1. The van der Waals surface area contributed by atoms with E-state index in [1.54, 1.807) is 5.56 Å². The van der Waals surface area contributed by atoms with E-state index < -0.39 is 0 Å². The van der Waals surface area contributed by atoms with Gasteiger partial charge in [-0.2, -0.15) is 0 Å². The molecule has 76 valence electrons. The molecule has 0 nitrogen and oxygen atoms in total. The number of hydrogen-bond acceptors (Lipinski definition) is 0. The topological polar surface area (TPSA) is 0 Å². The van der Waals surface area contributed by atoms with Crippen molar-refractivity contribution in [3.05, 3.63) is 35.9 Å². The van der Waals surface area contributed by atoms with Crippen LogP contribution in [0.3, 0.4) is 0 Å². The molecule has 1 saturated heterocycles. The molecule has 1 heterocycles. The van der Waals surface area contributed by atoms with Crippen LogP contribution in [0.15, 0.2) is 30.3 Å². The Morgan fingerprint density at radius 3 is 2.14 bits per heavy atom. The maximum atomic E-state index is 2.43. The van der Waals surface area contributed by atoms with Gasteiger partial charge in [-0.1, -0.05) is 0 Å². The zero-order valence-corrected chi connectivity index (χ0v) is 12.1. The normalized spacial score (nSPS) is 32.9. The standard InChI is InChI=1S/C12H16Se2/c1-9-8-10(2)14-12(13-9)11-6-4-3-5-7-11/h3-7,9-10,12H,8H2,1-2H3/t9-,10+,12?. The molecule has 0 radical (unpaired) electrons. The first kappa shape index (κ1) is 10.8. The van der Waals surface area contributed by atoms with Crippen molar-refractivity contribution in [1.29, 1.82) is 0 Å². The molecule has 0 N–H and O–H groups in total. The van der Waals surface area contributed by atoms with Gasteiger partial charge >= 0.3 is 99.4 Å². The van der Waals surface area contributed by atoms with Gasteiger partial charge in [0.2, 0.25) is 0 Å². The average molecular weight is 318 g/mol. The fourth-order valence-corrected chi connectivity index (χ4v) is 12.2. The molecule has 2 heteroatoms. The summed E-state index contributed by atoms with van der Waals surface area (Å²) in [5.41, 5.74) is 1.60.